The maximum atomic E-state index is 12.2. The van der Waals surface area contributed by atoms with Crippen molar-refractivity contribution in [3.63, 3.8) is 0 Å². The molecule has 0 aromatic rings. The van der Waals surface area contributed by atoms with E-state index in [0.29, 0.717) is 18.8 Å². The summed E-state index contributed by atoms with van der Waals surface area (Å²) in [7, 11) is 0. The van der Waals surface area contributed by atoms with E-state index < -0.39 is 12.0 Å². The van der Waals surface area contributed by atoms with Crippen molar-refractivity contribution >= 4 is 17.9 Å². The maximum absolute atomic E-state index is 12.2. The van der Waals surface area contributed by atoms with E-state index in [1.165, 1.54) is 0 Å². The number of aliphatic hydroxyl groups is 1. The number of ketones is 2. The highest BCUT2D eigenvalue weighted by atomic mass is 16.3. The number of carbonyl (C=O) groups excluding carboxylic acids is 3. The summed E-state index contributed by atoms with van der Waals surface area (Å²) in [4.78, 5) is 36.2. The van der Waals surface area contributed by atoms with Crippen LogP contribution in [-0.2, 0) is 14.4 Å². The summed E-state index contributed by atoms with van der Waals surface area (Å²) < 4.78 is 0. The van der Waals surface area contributed by atoms with Gasteiger partial charge in [0.15, 0.2) is 11.6 Å². The molecule has 0 heterocycles. The molecule has 4 aliphatic rings. The third kappa shape index (κ3) is 2.19. The number of rotatable bonds is 3. The molecule has 0 saturated heterocycles. The normalized spacial score (nSPS) is 45.2. The van der Waals surface area contributed by atoms with Crippen LogP contribution in [0.2, 0.25) is 0 Å². The second-order valence-electron chi connectivity index (χ2n) is 8.66. The molecule has 0 aromatic carbocycles. The molecule has 134 valence electrons. The largest absolute Gasteiger partial charge is 0.389 e. The quantitative estimate of drug-likeness (QED) is 0.801. The van der Waals surface area contributed by atoms with Gasteiger partial charge in [0.1, 0.15) is 12.9 Å². The number of fused-ring (bicyclic) bond motifs is 5. The molecule has 0 spiro atoms. The van der Waals surface area contributed by atoms with E-state index in [1.807, 2.05) is 6.08 Å². The Morgan fingerprint density at radius 1 is 1.28 bits per heavy atom. The van der Waals surface area contributed by atoms with Crippen molar-refractivity contribution in [1.29, 1.82) is 0 Å². The average molecular weight is 342 g/mol. The van der Waals surface area contributed by atoms with E-state index in [4.69, 9.17) is 0 Å². The Morgan fingerprint density at radius 3 is 2.80 bits per heavy atom. The Hall–Kier alpha value is -1.55. The van der Waals surface area contributed by atoms with Gasteiger partial charge in [-0.15, -0.1) is 0 Å². The number of hydrogen-bond donors (Lipinski definition) is 1. The van der Waals surface area contributed by atoms with Gasteiger partial charge < -0.3 is 9.90 Å². The molecule has 4 rings (SSSR count). The smallest absolute Gasteiger partial charge is 0.162 e. The first-order chi connectivity index (χ1) is 12.0. The van der Waals surface area contributed by atoms with Crippen molar-refractivity contribution in [3.8, 4) is 0 Å². The molecule has 1 N–H and O–H groups in total. The third-order valence-electron chi connectivity index (χ3n) is 7.87. The summed E-state index contributed by atoms with van der Waals surface area (Å²) in [5.74, 6) is 0.596. The van der Waals surface area contributed by atoms with Crippen molar-refractivity contribution in [1.82, 2.24) is 0 Å². The van der Waals surface area contributed by atoms with Gasteiger partial charge in [0, 0.05) is 17.8 Å². The number of carbonyl (C=O) groups is 3. The molecule has 4 aliphatic carbocycles. The average Bonchev–Trinajstić information content (AvgIpc) is 3.01. The molecule has 4 nitrogen and oxygen atoms in total. The van der Waals surface area contributed by atoms with E-state index in [2.05, 4.69) is 19.1 Å². The lowest BCUT2D eigenvalue weighted by atomic mass is 9.48. The van der Waals surface area contributed by atoms with Crippen molar-refractivity contribution in [2.75, 3.05) is 6.61 Å². The summed E-state index contributed by atoms with van der Waals surface area (Å²) in [6.07, 6.45) is 11.8. The van der Waals surface area contributed by atoms with Gasteiger partial charge in [0.05, 0.1) is 0 Å². The second-order valence-corrected chi connectivity index (χ2v) is 8.66. The first kappa shape index (κ1) is 16.9. The predicted octanol–water partition coefficient (Wildman–Crippen LogP) is 2.65. The SMILES string of the molecule is C[C@]12CCC(=O)C=C1C=C[C@H]1[C@@H]3CC[C@H](C(=O)CO)[C@@]3(C=O)CC[C@@H]12. The fraction of sp³-hybridized carbons (Fsp3) is 0.667. The highest BCUT2D eigenvalue weighted by Gasteiger charge is 2.61. The summed E-state index contributed by atoms with van der Waals surface area (Å²) in [6.45, 7) is 1.80. The Morgan fingerprint density at radius 2 is 2.08 bits per heavy atom. The molecule has 25 heavy (non-hydrogen) atoms. The van der Waals surface area contributed by atoms with Crippen molar-refractivity contribution in [2.45, 2.75) is 45.4 Å². The van der Waals surface area contributed by atoms with Crippen LogP contribution in [0.25, 0.3) is 0 Å². The zero-order chi connectivity index (χ0) is 17.8. The Labute approximate surface area is 148 Å². The van der Waals surface area contributed by atoms with Crippen LogP contribution in [-0.4, -0.2) is 29.6 Å². The highest BCUT2D eigenvalue weighted by Crippen LogP contribution is 2.64. The number of aliphatic hydroxyl groups excluding tert-OH is 1. The first-order valence-electron chi connectivity index (χ1n) is 9.49. The van der Waals surface area contributed by atoms with Crippen LogP contribution in [0.3, 0.4) is 0 Å². The number of allylic oxidation sites excluding steroid dienone is 4. The second kappa shape index (κ2) is 5.73. The van der Waals surface area contributed by atoms with E-state index >= 15 is 0 Å². The lowest BCUT2D eigenvalue weighted by molar-refractivity contribution is -0.140. The van der Waals surface area contributed by atoms with Crippen LogP contribution < -0.4 is 0 Å². The van der Waals surface area contributed by atoms with Gasteiger partial charge in [-0.1, -0.05) is 19.1 Å². The van der Waals surface area contributed by atoms with Gasteiger partial charge in [0.2, 0.25) is 0 Å². The number of hydrogen-bond acceptors (Lipinski definition) is 4. The van der Waals surface area contributed by atoms with Gasteiger partial charge in [-0.25, -0.2) is 0 Å². The van der Waals surface area contributed by atoms with Crippen LogP contribution in [0.4, 0.5) is 0 Å². The molecule has 0 unspecified atom stereocenters. The molecule has 0 radical (unpaired) electrons. The molecular weight excluding hydrogens is 316 g/mol. The molecule has 0 aliphatic heterocycles. The van der Waals surface area contributed by atoms with Crippen molar-refractivity contribution < 1.29 is 19.5 Å². The molecule has 0 bridgehead atoms. The topological polar surface area (TPSA) is 71.4 Å². The fourth-order valence-corrected chi connectivity index (χ4v) is 6.53. The number of Topliss-reactive ketones (excluding diaryl/α,β-unsaturated/α-hetero) is 1. The zero-order valence-corrected chi connectivity index (χ0v) is 14.7. The maximum Gasteiger partial charge on any atom is 0.162 e. The van der Waals surface area contributed by atoms with Crippen molar-refractivity contribution in [2.24, 2.45) is 34.5 Å². The minimum atomic E-state index is -0.604. The van der Waals surface area contributed by atoms with Crippen LogP contribution in [0.5, 0.6) is 0 Å². The van der Waals surface area contributed by atoms with E-state index in [-0.39, 0.29) is 34.7 Å². The lowest BCUT2D eigenvalue weighted by Gasteiger charge is -2.55. The predicted molar refractivity (Wildman–Crippen MR) is 92.6 cm³/mol. The Kier molecular flexibility index (Phi) is 3.87. The van der Waals surface area contributed by atoms with Gasteiger partial charge >= 0.3 is 0 Å². The van der Waals surface area contributed by atoms with E-state index in [9.17, 15) is 19.5 Å². The summed E-state index contributed by atoms with van der Waals surface area (Å²) in [5.41, 5.74) is 0.541. The zero-order valence-electron chi connectivity index (χ0n) is 14.7. The Bertz CT molecular complexity index is 690. The standard InChI is InChI=1S/C21H26O4/c1-20-8-6-14(24)10-13(20)2-3-15-16(20)7-9-21(12-23)17(15)4-5-18(21)19(25)11-22/h2-3,10,12,15-18,22H,4-9,11H2,1H3/t15-,16+,17+,18-,20+,21-/m1/s1. The molecular formula is C21H26O4. The van der Waals surface area contributed by atoms with Crippen LogP contribution in [0.1, 0.15) is 45.4 Å². The monoisotopic (exact) mass is 342 g/mol. The van der Waals surface area contributed by atoms with E-state index in [0.717, 1.165) is 37.5 Å². The molecule has 2 saturated carbocycles. The Balaban J connectivity index is 1.73. The lowest BCUT2D eigenvalue weighted by Crippen LogP contribution is -2.51. The van der Waals surface area contributed by atoms with Gasteiger partial charge in [-0.05, 0) is 66.9 Å². The highest BCUT2D eigenvalue weighted by molar-refractivity contribution is 5.92. The fourth-order valence-electron chi connectivity index (χ4n) is 6.53. The minimum Gasteiger partial charge on any atom is -0.389 e. The van der Waals surface area contributed by atoms with Gasteiger partial charge in [-0.3, -0.25) is 9.59 Å². The summed E-state index contributed by atoms with van der Waals surface area (Å²) >= 11 is 0. The molecule has 2 fully saturated rings. The molecule has 4 heteroatoms. The van der Waals surface area contributed by atoms with Gasteiger partial charge in [0.25, 0.3) is 0 Å². The van der Waals surface area contributed by atoms with Gasteiger partial charge in [-0.2, -0.15) is 0 Å². The van der Waals surface area contributed by atoms with Crippen LogP contribution in [0.15, 0.2) is 23.8 Å². The third-order valence-corrected chi connectivity index (χ3v) is 7.87. The minimum absolute atomic E-state index is 0.00143. The van der Waals surface area contributed by atoms with Crippen molar-refractivity contribution in [3.05, 3.63) is 23.8 Å². The van der Waals surface area contributed by atoms with Crippen LogP contribution >= 0.6 is 0 Å². The summed E-state index contributed by atoms with van der Waals surface area (Å²) in [6, 6.07) is 0. The van der Waals surface area contributed by atoms with E-state index in [1.54, 1.807) is 0 Å². The van der Waals surface area contributed by atoms with Crippen LogP contribution in [0, 0.1) is 34.5 Å². The summed E-state index contributed by atoms with van der Waals surface area (Å²) in [5, 5.41) is 9.33. The first-order valence-corrected chi connectivity index (χ1v) is 9.49. The molecule has 6 atom stereocenters. The molecule has 0 aromatic heterocycles. The number of aldehydes is 1. The molecule has 0 amide bonds.